The number of carbonyl (C=O) groups excluding carboxylic acids is 1. The molecule has 3 nitrogen and oxygen atoms in total. The van der Waals surface area contributed by atoms with Crippen LogP contribution in [0.25, 0.3) is 0 Å². The van der Waals surface area contributed by atoms with E-state index in [9.17, 15) is 4.79 Å². The van der Waals surface area contributed by atoms with Gasteiger partial charge in [0.1, 0.15) is 0 Å². The summed E-state index contributed by atoms with van der Waals surface area (Å²) in [6.07, 6.45) is 1.24. The van der Waals surface area contributed by atoms with E-state index >= 15 is 0 Å². The zero-order valence-electron chi connectivity index (χ0n) is 6.82. The number of nitrogens with zero attached hydrogens (tertiary/aromatic N) is 1. The summed E-state index contributed by atoms with van der Waals surface area (Å²) in [5.74, 6) is -0.0709. The van der Waals surface area contributed by atoms with Gasteiger partial charge >= 0.3 is 0 Å². The second kappa shape index (κ2) is 4.28. The average Bonchev–Trinajstić information content (AvgIpc) is 2.05. The smallest absolute Gasteiger partial charge is 0.172 e. The van der Waals surface area contributed by atoms with Gasteiger partial charge in [-0.15, -0.1) is 0 Å². The minimum Gasteiger partial charge on any atom is -0.293 e. The molecule has 3 heteroatoms. The van der Waals surface area contributed by atoms with Gasteiger partial charge in [-0.3, -0.25) is 10.2 Å². The van der Waals surface area contributed by atoms with Crippen LogP contribution >= 0.6 is 0 Å². The van der Waals surface area contributed by atoms with Crippen LogP contribution in [0.5, 0.6) is 0 Å². The first-order chi connectivity index (χ1) is 5.79. The van der Waals surface area contributed by atoms with E-state index in [4.69, 9.17) is 0 Å². The summed E-state index contributed by atoms with van der Waals surface area (Å²) in [7, 11) is 0. The summed E-state index contributed by atoms with van der Waals surface area (Å²) >= 11 is 0. The Morgan fingerprint density at radius 1 is 1.42 bits per heavy atom. The molecule has 0 heterocycles. The van der Waals surface area contributed by atoms with Crippen molar-refractivity contribution in [3.05, 3.63) is 30.3 Å². The number of hydrogen-bond acceptors (Lipinski definition) is 3. The number of hydrogen-bond donors (Lipinski definition) is 1. The molecule has 1 N–H and O–H groups in total. The van der Waals surface area contributed by atoms with Gasteiger partial charge in [-0.25, -0.2) is 0 Å². The number of rotatable bonds is 3. The first-order valence-corrected chi connectivity index (χ1v) is 3.64. The Balaban J connectivity index is 2.49. The molecule has 0 unspecified atom stereocenters. The second-order valence-corrected chi connectivity index (χ2v) is 2.35. The van der Waals surface area contributed by atoms with Gasteiger partial charge < -0.3 is 0 Å². The molecule has 0 saturated carbocycles. The number of anilines is 1. The highest BCUT2D eigenvalue weighted by Gasteiger charge is 1.85. The summed E-state index contributed by atoms with van der Waals surface area (Å²) in [4.78, 5) is 10.4. The fraction of sp³-hybridized carbons (Fsp3) is 0.111. The highest BCUT2D eigenvalue weighted by atomic mass is 16.1. The van der Waals surface area contributed by atoms with E-state index in [1.165, 1.54) is 13.1 Å². The SMILES string of the molecule is CC(=O)/C=N\Nc1ccccc1. The van der Waals surface area contributed by atoms with Gasteiger partial charge in [0.05, 0.1) is 11.9 Å². The number of ketones is 1. The third kappa shape index (κ3) is 2.96. The molecule has 0 aliphatic rings. The lowest BCUT2D eigenvalue weighted by Crippen LogP contribution is -1.94. The van der Waals surface area contributed by atoms with Crippen LogP contribution in [0.2, 0.25) is 0 Å². The van der Waals surface area contributed by atoms with Crippen molar-refractivity contribution in [3.8, 4) is 0 Å². The van der Waals surface area contributed by atoms with Crippen molar-refractivity contribution in [1.29, 1.82) is 0 Å². The fourth-order valence-electron chi connectivity index (χ4n) is 0.710. The molecule has 1 aromatic rings. The Labute approximate surface area is 71.1 Å². The molecule has 0 bridgehead atoms. The lowest BCUT2D eigenvalue weighted by molar-refractivity contribution is -0.110. The number of para-hydroxylation sites is 1. The van der Waals surface area contributed by atoms with E-state index in [-0.39, 0.29) is 5.78 Å². The van der Waals surface area contributed by atoms with Crippen LogP contribution in [0, 0.1) is 0 Å². The topological polar surface area (TPSA) is 41.5 Å². The minimum atomic E-state index is -0.0709. The van der Waals surface area contributed by atoms with E-state index in [0.717, 1.165) is 5.69 Å². The third-order valence-corrected chi connectivity index (χ3v) is 1.21. The highest BCUT2D eigenvalue weighted by molar-refractivity contribution is 6.26. The molecule has 0 saturated heterocycles. The maximum absolute atomic E-state index is 10.4. The van der Waals surface area contributed by atoms with Crippen molar-refractivity contribution < 1.29 is 4.79 Å². The predicted octanol–water partition coefficient (Wildman–Crippen LogP) is 1.67. The van der Waals surface area contributed by atoms with Crippen molar-refractivity contribution in [2.24, 2.45) is 5.10 Å². The number of carbonyl (C=O) groups is 1. The van der Waals surface area contributed by atoms with Crippen LogP contribution in [-0.4, -0.2) is 12.0 Å². The molecular formula is C9H10N2O. The Bertz CT molecular complexity index is 280. The Kier molecular flexibility index (Phi) is 3.02. The zero-order valence-corrected chi connectivity index (χ0v) is 6.82. The fourth-order valence-corrected chi connectivity index (χ4v) is 0.710. The summed E-state index contributed by atoms with van der Waals surface area (Å²) in [6, 6.07) is 9.45. The minimum absolute atomic E-state index is 0.0709. The van der Waals surface area contributed by atoms with E-state index in [2.05, 4.69) is 10.5 Å². The molecule has 1 rings (SSSR count). The molecule has 0 aromatic heterocycles. The van der Waals surface area contributed by atoms with Crippen molar-refractivity contribution in [3.63, 3.8) is 0 Å². The molecule has 0 atom stereocenters. The number of benzene rings is 1. The van der Waals surface area contributed by atoms with Crippen molar-refractivity contribution in [1.82, 2.24) is 0 Å². The van der Waals surface area contributed by atoms with E-state index < -0.39 is 0 Å². The van der Waals surface area contributed by atoms with Crippen LogP contribution in [0.4, 0.5) is 5.69 Å². The first kappa shape index (κ1) is 8.46. The monoisotopic (exact) mass is 162 g/mol. The Morgan fingerprint density at radius 3 is 2.67 bits per heavy atom. The zero-order chi connectivity index (χ0) is 8.81. The Morgan fingerprint density at radius 2 is 2.08 bits per heavy atom. The van der Waals surface area contributed by atoms with Gasteiger partial charge in [-0.05, 0) is 12.1 Å². The summed E-state index contributed by atoms with van der Waals surface area (Å²) in [5.41, 5.74) is 3.59. The molecule has 0 aliphatic carbocycles. The van der Waals surface area contributed by atoms with Crippen LogP contribution in [-0.2, 0) is 4.79 Å². The highest BCUT2D eigenvalue weighted by Crippen LogP contribution is 2.03. The van der Waals surface area contributed by atoms with Gasteiger partial charge in [-0.2, -0.15) is 5.10 Å². The average molecular weight is 162 g/mol. The van der Waals surface area contributed by atoms with Gasteiger partial charge in [0.25, 0.3) is 0 Å². The van der Waals surface area contributed by atoms with E-state index in [1.54, 1.807) is 0 Å². The largest absolute Gasteiger partial charge is 0.293 e. The predicted molar refractivity (Wildman–Crippen MR) is 49.2 cm³/mol. The molecule has 0 aliphatic heterocycles. The third-order valence-electron chi connectivity index (χ3n) is 1.21. The lowest BCUT2D eigenvalue weighted by Gasteiger charge is -1.96. The molecule has 0 radical (unpaired) electrons. The molecule has 1 aromatic carbocycles. The quantitative estimate of drug-likeness (QED) is 0.542. The van der Waals surface area contributed by atoms with Gasteiger partial charge in [-0.1, -0.05) is 18.2 Å². The maximum atomic E-state index is 10.4. The normalized spacial score (nSPS) is 10.1. The van der Waals surface area contributed by atoms with E-state index in [0.29, 0.717) is 0 Å². The number of nitrogens with one attached hydrogen (secondary N) is 1. The molecule has 0 spiro atoms. The molecule has 12 heavy (non-hydrogen) atoms. The van der Waals surface area contributed by atoms with Crippen LogP contribution in [0.15, 0.2) is 35.4 Å². The standard InChI is InChI=1S/C9H10N2O/c1-8(12)7-10-11-9-5-3-2-4-6-9/h2-7,11H,1H3/b10-7-. The van der Waals surface area contributed by atoms with Crippen molar-refractivity contribution in [2.45, 2.75) is 6.92 Å². The van der Waals surface area contributed by atoms with Crippen LogP contribution in [0.3, 0.4) is 0 Å². The lowest BCUT2D eigenvalue weighted by atomic mass is 10.3. The first-order valence-electron chi connectivity index (χ1n) is 3.64. The van der Waals surface area contributed by atoms with E-state index in [1.807, 2.05) is 30.3 Å². The summed E-state index contributed by atoms with van der Waals surface area (Å²) in [5, 5.41) is 3.72. The van der Waals surface area contributed by atoms with Crippen LogP contribution in [0.1, 0.15) is 6.92 Å². The van der Waals surface area contributed by atoms with Gasteiger partial charge in [0.2, 0.25) is 0 Å². The van der Waals surface area contributed by atoms with Gasteiger partial charge in [0.15, 0.2) is 5.78 Å². The van der Waals surface area contributed by atoms with Crippen LogP contribution < -0.4 is 5.43 Å². The maximum Gasteiger partial charge on any atom is 0.172 e. The van der Waals surface area contributed by atoms with Crippen molar-refractivity contribution in [2.75, 3.05) is 5.43 Å². The summed E-state index contributed by atoms with van der Waals surface area (Å²) in [6.45, 7) is 1.45. The molecular weight excluding hydrogens is 152 g/mol. The number of Topliss-reactive ketones (excluding diaryl/α,β-unsaturated/α-hetero) is 1. The second-order valence-electron chi connectivity index (χ2n) is 2.35. The molecule has 0 amide bonds. The Hall–Kier alpha value is -1.64. The van der Waals surface area contributed by atoms with Crippen molar-refractivity contribution >= 4 is 17.7 Å². The summed E-state index contributed by atoms with van der Waals surface area (Å²) < 4.78 is 0. The molecule has 0 fully saturated rings. The number of hydrazone groups is 1. The molecule has 62 valence electrons. The van der Waals surface area contributed by atoms with Gasteiger partial charge in [0, 0.05) is 6.92 Å².